The number of nitrogens with zero attached hydrogens (tertiary/aromatic N) is 3. The van der Waals surface area contributed by atoms with Gasteiger partial charge in [0.2, 0.25) is 11.8 Å². The van der Waals surface area contributed by atoms with Crippen LogP contribution in [0.3, 0.4) is 0 Å². The number of nitro groups is 1. The van der Waals surface area contributed by atoms with Gasteiger partial charge in [0.1, 0.15) is 5.69 Å². The topological polar surface area (TPSA) is 93.0 Å². The van der Waals surface area contributed by atoms with Crippen LogP contribution in [0.2, 0.25) is 0 Å². The minimum atomic E-state index is -0.472. The summed E-state index contributed by atoms with van der Waals surface area (Å²) >= 11 is 2.19. The zero-order chi connectivity index (χ0) is 15.4. The maximum Gasteiger partial charge on any atom is 0.332 e. The number of halogens is 1. The van der Waals surface area contributed by atoms with Gasteiger partial charge in [-0.25, -0.2) is 4.98 Å². The summed E-state index contributed by atoms with van der Waals surface area (Å²) in [6.07, 6.45) is 0. The molecule has 1 heterocycles. The molecule has 2 aromatic rings. The zero-order valence-electron chi connectivity index (χ0n) is 11.6. The summed E-state index contributed by atoms with van der Waals surface area (Å²) in [5.74, 6) is 0.554. The van der Waals surface area contributed by atoms with E-state index in [2.05, 4.69) is 43.2 Å². The molecule has 0 saturated heterocycles. The summed E-state index contributed by atoms with van der Waals surface area (Å²) < 4.78 is 1.08. The molecular formula is C13H14IN5O2. The molecule has 0 fully saturated rings. The lowest BCUT2D eigenvalue weighted by atomic mass is 10.3. The molecule has 0 atom stereocenters. The quantitative estimate of drug-likeness (QED) is 0.455. The third kappa shape index (κ3) is 3.78. The minimum Gasteiger partial charge on any atom is -0.354 e. The molecule has 0 aliphatic carbocycles. The predicted octanol–water partition coefficient (Wildman–Crippen LogP) is 3.47. The monoisotopic (exact) mass is 399 g/mol. The molecule has 0 spiro atoms. The fraction of sp³-hybridized carbons (Fsp3) is 0.231. The van der Waals surface area contributed by atoms with E-state index in [1.54, 1.807) is 6.92 Å². The number of aromatic nitrogens is 2. The van der Waals surface area contributed by atoms with Crippen LogP contribution in [0.5, 0.6) is 0 Å². The molecule has 0 unspecified atom stereocenters. The summed E-state index contributed by atoms with van der Waals surface area (Å²) in [5.41, 5.74) is 0.938. The van der Waals surface area contributed by atoms with Crippen molar-refractivity contribution in [2.45, 2.75) is 13.8 Å². The van der Waals surface area contributed by atoms with E-state index in [9.17, 15) is 10.1 Å². The van der Waals surface area contributed by atoms with Crippen LogP contribution in [-0.4, -0.2) is 21.4 Å². The fourth-order valence-corrected chi connectivity index (χ4v) is 2.14. The molecule has 0 aliphatic rings. The molecule has 1 aromatic carbocycles. The van der Waals surface area contributed by atoms with Crippen molar-refractivity contribution >= 4 is 45.7 Å². The Bertz CT molecular complexity index is 660. The van der Waals surface area contributed by atoms with Crippen molar-refractivity contribution in [2.24, 2.45) is 0 Å². The Labute approximate surface area is 135 Å². The maximum absolute atomic E-state index is 11.2. The van der Waals surface area contributed by atoms with E-state index in [0.29, 0.717) is 18.2 Å². The van der Waals surface area contributed by atoms with E-state index in [-0.39, 0.29) is 11.5 Å². The molecule has 0 radical (unpaired) electrons. The summed E-state index contributed by atoms with van der Waals surface area (Å²) in [5, 5.41) is 17.2. The zero-order valence-corrected chi connectivity index (χ0v) is 13.7. The fourth-order valence-electron chi connectivity index (χ4n) is 1.78. The van der Waals surface area contributed by atoms with Gasteiger partial charge in [-0.1, -0.05) is 0 Å². The van der Waals surface area contributed by atoms with Gasteiger partial charge >= 0.3 is 5.69 Å². The third-order valence-electron chi connectivity index (χ3n) is 2.68. The summed E-state index contributed by atoms with van der Waals surface area (Å²) in [7, 11) is 0. The second-order valence-corrected chi connectivity index (χ2v) is 5.49. The number of aryl methyl sites for hydroxylation is 1. The second kappa shape index (κ2) is 6.66. The van der Waals surface area contributed by atoms with E-state index in [4.69, 9.17) is 0 Å². The Morgan fingerprint density at radius 3 is 2.52 bits per heavy atom. The molecule has 1 aromatic heterocycles. The smallest absolute Gasteiger partial charge is 0.332 e. The van der Waals surface area contributed by atoms with Crippen LogP contribution in [0.15, 0.2) is 24.3 Å². The first-order valence-electron chi connectivity index (χ1n) is 6.30. The van der Waals surface area contributed by atoms with Crippen LogP contribution in [0.4, 0.5) is 23.1 Å². The molecular weight excluding hydrogens is 385 g/mol. The number of nitrogens with one attached hydrogen (secondary N) is 2. The molecule has 0 bridgehead atoms. The molecule has 0 saturated carbocycles. The van der Waals surface area contributed by atoms with Gasteiger partial charge in [0.15, 0.2) is 0 Å². The van der Waals surface area contributed by atoms with Crippen LogP contribution in [-0.2, 0) is 0 Å². The van der Waals surface area contributed by atoms with Gasteiger partial charge in [-0.2, -0.15) is 4.98 Å². The molecule has 21 heavy (non-hydrogen) atoms. The predicted molar refractivity (Wildman–Crippen MR) is 90.0 cm³/mol. The van der Waals surface area contributed by atoms with Gasteiger partial charge in [0, 0.05) is 15.8 Å². The molecule has 2 N–H and O–H groups in total. The highest BCUT2D eigenvalue weighted by Crippen LogP contribution is 2.29. The Hall–Kier alpha value is -1.97. The van der Waals surface area contributed by atoms with Gasteiger partial charge in [0.05, 0.1) is 4.92 Å². The summed E-state index contributed by atoms with van der Waals surface area (Å²) in [6, 6.07) is 7.51. The average molecular weight is 399 g/mol. The van der Waals surface area contributed by atoms with Crippen molar-refractivity contribution in [3.8, 4) is 0 Å². The van der Waals surface area contributed by atoms with Crippen LogP contribution in [0, 0.1) is 20.6 Å². The Balaban J connectivity index is 2.43. The van der Waals surface area contributed by atoms with Gasteiger partial charge in [-0.3, -0.25) is 10.1 Å². The third-order valence-corrected chi connectivity index (χ3v) is 3.40. The Morgan fingerprint density at radius 1 is 1.29 bits per heavy atom. The molecule has 7 nitrogen and oxygen atoms in total. The number of hydrogen-bond acceptors (Lipinski definition) is 6. The van der Waals surface area contributed by atoms with Crippen molar-refractivity contribution in [1.29, 1.82) is 0 Å². The SMILES string of the molecule is CCNc1nc(C)c([N+](=O)[O-])c(Nc2ccc(I)cc2)n1. The molecule has 0 amide bonds. The van der Waals surface area contributed by atoms with Crippen molar-refractivity contribution in [3.05, 3.63) is 43.6 Å². The van der Waals surface area contributed by atoms with Crippen molar-refractivity contribution in [2.75, 3.05) is 17.2 Å². The van der Waals surface area contributed by atoms with E-state index < -0.39 is 4.92 Å². The lowest BCUT2D eigenvalue weighted by Gasteiger charge is -2.10. The minimum absolute atomic E-state index is 0.116. The van der Waals surface area contributed by atoms with Crippen LogP contribution >= 0.6 is 22.6 Å². The first kappa shape index (κ1) is 15.4. The van der Waals surface area contributed by atoms with Crippen LogP contribution < -0.4 is 10.6 Å². The number of benzene rings is 1. The normalized spacial score (nSPS) is 10.2. The highest BCUT2D eigenvalue weighted by Gasteiger charge is 2.22. The molecule has 2 rings (SSSR count). The molecule has 110 valence electrons. The number of rotatable bonds is 5. The van der Waals surface area contributed by atoms with Crippen LogP contribution in [0.1, 0.15) is 12.6 Å². The highest BCUT2D eigenvalue weighted by molar-refractivity contribution is 14.1. The van der Waals surface area contributed by atoms with Crippen molar-refractivity contribution < 1.29 is 4.92 Å². The van der Waals surface area contributed by atoms with Crippen LogP contribution in [0.25, 0.3) is 0 Å². The number of hydrogen-bond donors (Lipinski definition) is 2. The summed E-state index contributed by atoms with van der Waals surface area (Å²) in [4.78, 5) is 19.0. The molecule has 0 aliphatic heterocycles. The van der Waals surface area contributed by atoms with Gasteiger partial charge in [-0.15, -0.1) is 0 Å². The first-order chi connectivity index (χ1) is 10.0. The van der Waals surface area contributed by atoms with Crippen molar-refractivity contribution in [1.82, 2.24) is 9.97 Å². The standard InChI is InChI=1S/C13H14IN5O2/c1-3-15-13-16-8(2)11(19(20)21)12(18-13)17-10-6-4-9(14)5-7-10/h4-7H,3H2,1-2H3,(H2,15,16,17,18). The largest absolute Gasteiger partial charge is 0.354 e. The van der Waals surface area contributed by atoms with E-state index in [0.717, 1.165) is 9.26 Å². The van der Waals surface area contributed by atoms with Crippen molar-refractivity contribution in [3.63, 3.8) is 0 Å². The van der Waals surface area contributed by atoms with E-state index in [1.807, 2.05) is 31.2 Å². The highest BCUT2D eigenvalue weighted by atomic mass is 127. The Morgan fingerprint density at radius 2 is 1.95 bits per heavy atom. The number of anilines is 3. The molecule has 8 heteroatoms. The maximum atomic E-state index is 11.2. The first-order valence-corrected chi connectivity index (χ1v) is 7.38. The lowest BCUT2D eigenvalue weighted by molar-refractivity contribution is -0.385. The van der Waals surface area contributed by atoms with E-state index >= 15 is 0 Å². The second-order valence-electron chi connectivity index (χ2n) is 4.25. The summed E-state index contributed by atoms with van der Waals surface area (Å²) in [6.45, 7) is 4.15. The average Bonchev–Trinajstić information content (AvgIpc) is 2.41. The Kier molecular flexibility index (Phi) is 4.89. The van der Waals surface area contributed by atoms with Gasteiger partial charge < -0.3 is 10.6 Å². The van der Waals surface area contributed by atoms with E-state index in [1.165, 1.54) is 0 Å². The lowest BCUT2D eigenvalue weighted by Crippen LogP contribution is -2.09. The van der Waals surface area contributed by atoms with Gasteiger partial charge in [0.25, 0.3) is 0 Å². The van der Waals surface area contributed by atoms with Gasteiger partial charge in [-0.05, 0) is 60.7 Å².